The maximum absolute atomic E-state index is 12.6. The lowest BCUT2D eigenvalue weighted by Gasteiger charge is -2.08. The Bertz CT molecular complexity index is 650. The lowest BCUT2D eigenvalue weighted by Crippen LogP contribution is -2.19. The molecule has 0 saturated carbocycles. The van der Waals surface area contributed by atoms with Gasteiger partial charge >= 0.3 is 11.9 Å². The molecule has 0 atom stereocenters. The van der Waals surface area contributed by atoms with Gasteiger partial charge in [0, 0.05) is 5.56 Å². The zero-order valence-electron chi connectivity index (χ0n) is 9.78. The Morgan fingerprint density at radius 2 is 2.00 bits per heavy atom. The number of alkyl halides is 3. The van der Waals surface area contributed by atoms with Crippen LogP contribution < -0.4 is 10.4 Å². The van der Waals surface area contributed by atoms with Crippen molar-refractivity contribution in [1.29, 1.82) is 0 Å². The monoisotopic (exact) mass is 270 g/mol. The Hall–Kier alpha value is -2.31. The molecule has 0 aliphatic heterocycles. The molecule has 0 saturated heterocycles. The summed E-state index contributed by atoms with van der Waals surface area (Å²) < 4.78 is 42.7. The van der Waals surface area contributed by atoms with Gasteiger partial charge in [0.05, 0.1) is 12.8 Å². The lowest BCUT2D eigenvalue weighted by atomic mass is 10.1. The topological polar surface area (TPSA) is 55.0 Å². The van der Waals surface area contributed by atoms with Crippen LogP contribution in [-0.2, 0) is 6.18 Å². The van der Waals surface area contributed by atoms with Crippen LogP contribution in [0.15, 0.2) is 35.1 Å². The second-order valence-corrected chi connectivity index (χ2v) is 3.71. The summed E-state index contributed by atoms with van der Waals surface area (Å²) in [6.07, 6.45) is -4.63. The number of hydrogen-bond donors (Lipinski definition) is 1. The molecule has 2 rings (SSSR count). The van der Waals surface area contributed by atoms with Crippen LogP contribution in [0.4, 0.5) is 13.2 Å². The fraction of sp³-hybridized carbons (Fsp3) is 0.167. The van der Waals surface area contributed by atoms with Gasteiger partial charge in [0.15, 0.2) is 0 Å². The van der Waals surface area contributed by atoms with Crippen molar-refractivity contribution in [2.75, 3.05) is 7.11 Å². The third-order valence-corrected chi connectivity index (χ3v) is 2.42. The summed E-state index contributed by atoms with van der Waals surface area (Å²) >= 11 is 0. The van der Waals surface area contributed by atoms with Crippen molar-refractivity contribution >= 4 is 0 Å². The average Bonchev–Trinajstić information content (AvgIpc) is 2.37. The van der Waals surface area contributed by atoms with Crippen LogP contribution in [-0.4, -0.2) is 17.1 Å². The Morgan fingerprint density at radius 3 is 2.63 bits per heavy atom. The minimum absolute atomic E-state index is 0.0602. The van der Waals surface area contributed by atoms with Crippen LogP contribution in [0.25, 0.3) is 11.3 Å². The molecule has 0 amide bonds. The molecule has 0 radical (unpaired) electrons. The van der Waals surface area contributed by atoms with Gasteiger partial charge in [-0.25, -0.2) is 4.79 Å². The highest BCUT2D eigenvalue weighted by molar-refractivity contribution is 5.61. The number of rotatable bonds is 2. The number of aromatic amines is 1. The predicted octanol–water partition coefficient (Wildman–Crippen LogP) is 2.46. The van der Waals surface area contributed by atoms with Gasteiger partial charge in [-0.05, 0) is 18.2 Å². The first-order valence-corrected chi connectivity index (χ1v) is 5.23. The van der Waals surface area contributed by atoms with E-state index in [0.717, 1.165) is 6.07 Å². The molecule has 1 aromatic carbocycles. The largest absolute Gasteiger partial charge is 0.497 e. The molecule has 0 bridgehead atoms. The van der Waals surface area contributed by atoms with Crippen LogP contribution in [0.1, 0.15) is 5.69 Å². The molecule has 1 heterocycles. The quantitative estimate of drug-likeness (QED) is 0.912. The number of methoxy groups -OCH3 is 1. The standard InChI is InChI=1S/C12H9F3N2O2/c1-19-8-4-2-3-7(5-8)9-6-10(12(13,14)15)17-11(18)16-9/h2-6H,1H3,(H,16,17,18). The summed E-state index contributed by atoms with van der Waals surface area (Å²) in [5.41, 5.74) is -1.87. The van der Waals surface area contributed by atoms with Gasteiger partial charge in [0.1, 0.15) is 11.4 Å². The van der Waals surface area contributed by atoms with Gasteiger partial charge in [-0.2, -0.15) is 18.2 Å². The number of halogens is 3. The number of benzene rings is 1. The van der Waals surface area contributed by atoms with Crippen LogP contribution in [0, 0.1) is 0 Å². The van der Waals surface area contributed by atoms with Gasteiger partial charge < -0.3 is 9.72 Å². The zero-order valence-corrected chi connectivity index (χ0v) is 9.78. The molecule has 0 aliphatic rings. The van der Waals surface area contributed by atoms with E-state index in [0.29, 0.717) is 11.3 Å². The second kappa shape index (κ2) is 4.75. The van der Waals surface area contributed by atoms with E-state index < -0.39 is 17.6 Å². The molecule has 1 N–H and O–H groups in total. The van der Waals surface area contributed by atoms with E-state index in [1.165, 1.54) is 13.2 Å². The van der Waals surface area contributed by atoms with E-state index in [-0.39, 0.29) is 5.69 Å². The fourth-order valence-corrected chi connectivity index (χ4v) is 1.54. The molecule has 2 aromatic rings. The van der Waals surface area contributed by atoms with Crippen molar-refractivity contribution < 1.29 is 17.9 Å². The third-order valence-electron chi connectivity index (χ3n) is 2.42. The molecule has 1 aromatic heterocycles. The smallest absolute Gasteiger partial charge is 0.431 e. The minimum atomic E-state index is -4.63. The van der Waals surface area contributed by atoms with E-state index in [1.54, 1.807) is 23.2 Å². The molecule has 7 heteroatoms. The van der Waals surface area contributed by atoms with Crippen molar-refractivity contribution in [3.63, 3.8) is 0 Å². The van der Waals surface area contributed by atoms with Crippen molar-refractivity contribution in [3.05, 3.63) is 46.5 Å². The highest BCUT2D eigenvalue weighted by Gasteiger charge is 2.32. The number of ether oxygens (including phenoxy) is 1. The molecular weight excluding hydrogens is 261 g/mol. The average molecular weight is 270 g/mol. The minimum Gasteiger partial charge on any atom is -0.497 e. The Kier molecular flexibility index (Phi) is 3.28. The highest BCUT2D eigenvalue weighted by Crippen LogP contribution is 2.29. The summed E-state index contributed by atoms with van der Waals surface area (Å²) in [6.45, 7) is 0. The number of aromatic nitrogens is 2. The molecule has 0 unspecified atom stereocenters. The van der Waals surface area contributed by atoms with Crippen LogP contribution in [0.5, 0.6) is 5.75 Å². The molecule has 100 valence electrons. The number of hydrogen-bond acceptors (Lipinski definition) is 3. The van der Waals surface area contributed by atoms with Gasteiger partial charge in [-0.1, -0.05) is 12.1 Å². The van der Waals surface area contributed by atoms with E-state index in [1.807, 2.05) is 0 Å². The first kappa shape index (κ1) is 13.1. The van der Waals surface area contributed by atoms with Crippen LogP contribution in [0.3, 0.4) is 0 Å². The van der Waals surface area contributed by atoms with Crippen LogP contribution in [0.2, 0.25) is 0 Å². The Balaban J connectivity index is 2.56. The van der Waals surface area contributed by atoms with Crippen molar-refractivity contribution in [3.8, 4) is 17.0 Å². The van der Waals surface area contributed by atoms with E-state index >= 15 is 0 Å². The molecule has 0 spiro atoms. The molecule has 4 nitrogen and oxygen atoms in total. The van der Waals surface area contributed by atoms with E-state index in [9.17, 15) is 18.0 Å². The van der Waals surface area contributed by atoms with Gasteiger partial charge in [0.25, 0.3) is 0 Å². The summed E-state index contributed by atoms with van der Waals surface area (Å²) in [7, 11) is 1.44. The number of nitrogens with one attached hydrogen (secondary N) is 1. The normalized spacial score (nSPS) is 11.4. The van der Waals surface area contributed by atoms with Gasteiger partial charge in [0.2, 0.25) is 0 Å². The van der Waals surface area contributed by atoms with Crippen molar-refractivity contribution in [2.45, 2.75) is 6.18 Å². The summed E-state index contributed by atoms with van der Waals surface area (Å²) in [4.78, 5) is 16.4. The summed E-state index contributed by atoms with van der Waals surface area (Å²) in [5, 5.41) is 0. The Morgan fingerprint density at radius 1 is 1.26 bits per heavy atom. The predicted molar refractivity (Wildman–Crippen MR) is 61.8 cm³/mol. The van der Waals surface area contributed by atoms with E-state index in [4.69, 9.17) is 4.74 Å². The van der Waals surface area contributed by atoms with Crippen LogP contribution >= 0.6 is 0 Å². The maximum atomic E-state index is 12.6. The third kappa shape index (κ3) is 2.93. The first-order chi connectivity index (χ1) is 8.90. The lowest BCUT2D eigenvalue weighted by molar-refractivity contribution is -0.141. The maximum Gasteiger partial charge on any atom is 0.431 e. The molecule has 19 heavy (non-hydrogen) atoms. The van der Waals surface area contributed by atoms with Crippen molar-refractivity contribution in [2.24, 2.45) is 0 Å². The first-order valence-electron chi connectivity index (χ1n) is 5.23. The van der Waals surface area contributed by atoms with E-state index in [2.05, 4.69) is 4.98 Å². The molecular formula is C12H9F3N2O2. The number of nitrogens with zero attached hydrogens (tertiary/aromatic N) is 1. The molecule has 0 fully saturated rings. The SMILES string of the molecule is COc1cccc(-c2cc(C(F)(F)F)[nH]c(=O)n2)c1. The van der Waals surface area contributed by atoms with Gasteiger partial charge in [-0.3, -0.25) is 0 Å². The highest BCUT2D eigenvalue weighted by atomic mass is 19.4. The van der Waals surface area contributed by atoms with Gasteiger partial charge in [-0.15, -0.1) is 0 Å². The summed E-state index contributed by atoms with van der Waals surface area (Å²) in [6, 6.07) is 7.08. The summed E-state index contributed by atoms with van der Waals surface area (Å²) in [5.74, 6) is 0.466. The fourth-order valence-electron chi connectivity index (χ4n) is 1.54. The Labute approximate surface area is 105 Å². The second-order valence-electron chi connectivity index (χ2n) is 3.71. The zero-order chi connectivity index (χ0) is 14.0. The number of H-pyrrole nitrogens is 1. The van der Waals surface area contributed by atoms with Crippen molar-refractivity contribution in [1.82, 2.24) is 9.97 Å². The molecule has 0 aliphatic carbocycles.